The van der Waals surface area contributed by atoms with E-state index in [1.807, 2.05) is 0 Å². The van der Waals surface area contributed by atoms with Crippen LogP contribution in [0.3, 0.4) is 0 Å². The predicted molar refractivity (Wildman–Crippen MR) is 75.3 cm³/mol. The van der Waals surface area contributed by atoms with Crippen LogP contribution in [0.15, 0.2) is 0 Å². The van der Waals surface area contributed by atoms with E-state index in [2.05, 4.69) is 5.10 Å². The number of carbonyl (C=O) groups excluding carboxylic acids is 1. The minimum absolute atomic E-state index is 0.0151. The number of aromatic nitrogens is 2. The molecule has 0 atom stereocenters. The van der Waals surface area contributed by atoms with Crippen molar-refractivity contribution in [3.8, 4) is 0 Å². The maximum absolute atomic E-state index is 13.7. The van der Waals surface area contributed by atoms with E-state index in [1.54, 1.807) is 6.92 Å². The molecule has 4 saturated carbocycles. The quantitative estimate of drug-likeness (QED) is 0.601. The van der Waals surface area contributed by atoms with Gasteiger partial charge >= 0.3 is 12.1 Å². The van der Waals surface area contributed by atoms with Crippen molar-refractivity contribution in [3.63, 3.8) is 0 Å². The highest BCUT2D eigenvalue weighted by Crippen LogP contribution is 2.70. The van der Waals surface area contributed by atoms with Gasteiger partial charge in [0.1, 0.15) is 11.2 Å². The molecule has 0 aliphatic heterocycles. The third-order valence-corrected chi connectivity index (χ3v) is 5.26. The zero-order valence-electron chi connectivity index (χ0n) is 13.2. The molecular weight excluding hydrogens is 328 g/mol. The van der Waals surface area contributed by atoms with E-state index < -0.39 is 29.1 Å². The van der Waals surface area contributed by atoms with Crippen molar-refractivity contribution < 1.29 is 27.1 Å². The first-order valence-corrected chi connectivity index (χ1v) is 8.20. The Morgan fingerprint density at radius 1 is 1.33 bits per heavy atom. The topological polar surface area (TPSA) is 44.1 Å². The Labute approximate surface area is 136 Å². The van der Waals surface area contributed by atoms with Crippen LogP contribution in [0.2, 0.25) is 0 Å². The molecule has 4 aliphatic carbocycles. The minimum atomic E-state index is -4.67. The number of ether oxygens (including phenoxy) is 1. The second-order valence-electron chi connectivity index (χ2n) is 7.44. The molecular formula is C16H18F4N2O2. The summed E-state index contributed by atoms with van der Waals surface area (Å²) in [6, 6.07) is 0. The number of hydrogen-bond acceptors (Lipinski definition) is 3. The van der Waals surface area contributed by atoms with E-state index in [1.165, 1.54) is 0 Å². The summed E-state index contributed by atoms with van der Waals surface area (Å²) < 4.78 is 60.5. The number of esters is 1. The fourth-order valence-corrected chi connectivity index (χ4v) is 4.27. The van der Waals surface area contributed by atoms with Crippen molar-refractivity contribution in [2.75, 3.05) is 6.61 Å². The highest BCUT2D eigenvalue weighted by Gasteiger charge is 2.69. The van der Waals surface area contributed by atoms with Gasteiger partial charge in [-0.3, -0.25) is 4.68 Å². The van der Waals surface area contributed by atoms with Crippen LogP contribution in [-0.4, -0.2) is 28.0 Å². The minimum Gasteiger partial charge on any atom is -0.461 e. The second-order valence-corrected chi connectivity index (χ2v) is 7.44. The Morgan fingerprint density at radius 3 is 2.42 bits per heavy atom. The number of halogens is 4. The molecule has 4 fully saturated rings. The first kappa shape index (κ1) is 15.9. The van der Waals surface area contributed by atoms with Gasteiger partial charge in [0.15, 0.2) is 5.69 Å². The molecule has 132 valence electrons. The zero-order chi connectivity index (χ0) is 17.3. The van der Waals surface area contributed by atoms with Gasteiger partial charge in [0.2, 0.25) is 0 Å². The Bertz CT molecular complexity index is 686. The van der Waals surface area contributed by atoms with Gasteiger partial charge in [-0.25, -0.2) is 9.18 Å². The van der Waals surface area contributed by atoms with Crippen LogP contribution in [0.1, 0.15) is 66.7 Å². The van der Waals surface area contributed by atoms with Crippen molar-refractivity contribution in [1.82, 2.24) is 9.78 Å². The van der Waals surface area contributed by atoms with E-state index in [0.717, 1.165) is 4.68 Å². The van der Waals surface area contributed by atoms with Gasteiger partial charge in [-0.2, -0.15) is 18.3 Å². The number of carbonyl (C=O) groups is 1. The van der Waals surface area contributed by atoms with Crippen molar-refractivity contribution >= 4 is 5.97 Å². The zero-order valence-corrected chi connectivity index (χ0v) is 13.2. The normalized spacial score (nSPS) is 31.4. The maximum atomic E-state index is 13.7. The summed E-state index contributed by atoms with van der Waals surface area (Å²) >= 11 is 0. The lowest BCUT2D eigenvalue weighted by molar-refractivity contribution is -0.221. The Kier molecular flexibility index (Phi) is 3.13. The largest absolute Gasteiger partial charge is 0.461 e. The molecule has 4 aliphatic rings. The van der Waals surface area contributed by atoms with Gasteiger partial charge in [-0.1, -0.05) is 0 Å². The standard InChI is InChI=1S/C16H18F4N2O2/c1-2-24-13(23)12-10(16(18,19)20)11(9-3-4-9)21-22(12)8-14-5-15(17,6-14)7-14/h9H,2-8H2,1H3. The highest BCUT2D eigenvalue weighted by molar-refractivity contribution is 5.90. The van der Waals surface area contributed by atoms with Crippen molar-refractivity contribution in [1.29, 1.82) is 0 Å². The average Bonchev–Trinajstić information content (AvgIpc) is 3.16. The number of alkyl halides is 4. The van der Waals surface area contributed by atoms with E-state index >= 15 is 0 Å². The van der Waals surface area contributed by atoms with Crippen LogP contribution in [0.4, 0.5) is 17.6 Å². The van der Waals surface area contributed by atoms with Gasteiger partial charge in [-0.15, -0.1) is 0 Å². The molecule has 0 amide bonds. The molecule has 0 saturated heterocycles. The Morgan fingerprint density at radius 2 is 1.96 bits per heavy atom. The number of rotatable bonds is 5. The second kappa shape index (κ2) is 4.73. The van der Waals surface area contributed by atoms with E-state index in [0.29, 0.717) is 32.1 Å². The van der Waals surface area contributed by atoms with E-state index in [9.17, 15) is 22.4 Å². The molecule has 0 radical (unpaired) electrons. The van der Waals surface area contributed by atoms with Crippen molar-refractivity contribution in [3.05, 3.63) is 17.0 Å². The lowest BCUT2D eigenvalue weighted by atomic mass is 9.42. The third-order valence-electron chi connectivity index (χ3n) is 5.26. The fraction of sp³-hybridized carbons (Fsp3) is 0.750. The number of hydrogen-bond donors (Lipinski definition) is 0. The molecule has 0 aromatic carbocycles. The first-order chi connectivity index (χ1) is 11.2. The van der Waals surface area contributed by atoms with Gasteiger partial charge < -0.3 is 4.74 Å². The van der Waals surface area contributed by atoms with Crippen molar-refractivity contribution in [2.24, 2.45) is 5.41 Å². The fourth-order valence-electron chi connectivity index (χ4n) is 4.27. The number of nitrogens with zero attached hydrogens (tertiary/aromatic N) is 2. The molecule has 0 unspecified atom stereocenters. The molecule has 1 aromatic rings. The van der Waals surface area contributed by atoms with Crippen LogP contribution in [-0.2, 0) is 17.5 Å². The van der Waals surface area contributed by atoms with Crippen LogP contribution in [0.5, 0.6) is 0 Å². The summed E-state index contributed by atoms with van der Waals surface area (Å²) in [7, 11) is 0. The molecule has 1 heterocycles. The summed E-state index contributed by atoms with van der Waals surface area (Å²) in [5.41, 5.74) is -3.06. The van der Waals surface area contributed by atoms with Gasteiger partial charge in [-0.05, 0) is 44.4 Å². The Hall–Kier alpha value is -1.60. The van der Waals surface area contributed by atoms with E-state index in [4.69, 9.17) is 4.74 Å². The maximum Gasteiger partial charge on any atom is 0.420 e. The molecule has 1 aromatic heterocycles. The SMILES string of the molecule is CCOC(=O)c1c(C(F)(F)F)c(C2CC2)nn1CC12CC(F)(C1)C2. The van der Waals surface area contributed by atoms with Gasteiger partial charge in [0.05, 0.1) is 12.3 Å². The van der Waals surface area contributed by atoms with Crippen LogP contribution in [0.25, 0.3) is 0 Å². The van der Waals surface area contributed by atoms with Crippen LogP contribution < -0.4 is 0 Å². The average molecular weight is 346 g/mol. The third kappa shape index (κ3) is 2.33. The molecule has 0 N–H and O–H groups in total. The Balaban J connectivity index is 1.75. The summed E-state index contributed by atoms with van der Waals surface area (Å²) in [5.74, 6) is -1.26. The summed E-state index contributed by atoms with van der Waals surface area (Å²) in [5, 5.41) is 4.13. The molecule has 4 nitrogen and oxygen atoms in total. The van der Waals surface area contributed by atoms with Gasteiger partial charge in [0.25, 0.3) is 0 Å². The summed E-state index contributed by atoms with van der Waals surface area (Å²) in [4.78, 5) is 12.2. The molecule has 24 heavy (non-hydrogen) atoms. The summed E-state index contributed by atoms with van der Waals surface area (Å²) in [6.45, 7) is 1.67. The van der Waals surface area contributed by atoms with Gasteiger partial charge in [0, 0.05) is 12.5 Å². The highest BCUT2D eigenvalue weighted by atomic mass is 19.4. The van der Waals surface area contributed by atoms with Crippen molar-refractivity contribution in [2.45, 2.75) is 63.3 Å². The summed E-state index contributed by atoms with van der Waals surface area (Å²) in [6.07, 6.45) is -2.38. The molecule has 5 rings (SSSR count). The monoisotopic (exact) mass is 346 g/mol. The molecule has 0 spiro atoms. The molecule has 2 bridgehead atoms. The van der Waals surface area contributed by atoms with Crippen LogP contribution >= 0.6 is 0 Å². The lowest BCUT2D eigenvalue weighted by Crippen LogP contribution is -2.65. The van der Waals surface area contributed by atoms with Crippen LogP contribution in [0, 0.1) is 5.41 Å². The molecule has 8 heteroatoms. The van der Waals surface area contributed by atoms with E-state index in [-0.39, 0.29) is 30.2 Å². The predicted octanol–water partition coefficient (Wildman–Crippen LogP) is 3.85. The first-order valence-electron chi connectivity index (χ1n) is 8.20. The lowest BCUT2D eigenvalue weighted by Gasteiger charge is -2.65. The smallest absolute Gasteiger partial charge is 0.420 e.